The number of aromatic hydroxyl groups is 1. The molecule has 1 aromatic rings. The molecule has 1 rings (SSSR count). The zero-order valence-corrected chi connectivity index (χ0v) is 10.6. The van der Waals surface area contributed by atoms with Gasteiger partial charge in [0.05, 0.1) is 24.2 Å². The fraction of sp³-hybridized carbons (Fsp3) is 0.417. The quantitative estimate of drug-likeness (QED) is 0.685. The number of hydrogen-bond donors (Lipinski definition) is 1. The number of phenols is 1. The van der Waals surface area contributed by atoms with E-state index in [2.05, 4.69) is 4.74 Å². The number of halogens is 6. The van der Waals surface area contributed by atoms with Crippen molar-refractivity contribution >= 4 is 5.97 Å². The van der Waals surface area contributed by atoms with E-state index in [9.17, 15) is 31.1 Å². The van der Waals surface area contributed by atoms with Crippen molar-refractivity contribution in [2.45, 2.75) is 25.7 Å². The van der Waals surface area contributed by atoms with Crippen molar-refractivity contribution in [2.24, 2.45) is 0 Å². The summed E-state index contributed by atoms with van der Waals surface area (Å²) in [5, 5.41) is 9.12. The third-order valence-electron chi connectivity index (χ3n) is 2.47. The molecular formula is C12H10F6O3. The van der Waals surface area contributed by atoms with Gasteiger partial charge in [-0.15, -0.1) is 0 Å². The number of hydrogen-bond acceptors (Lipinski definition) is 3. The zero-order chi connectivity index (χ0) is 16.4. The van der Waals surface area contributed by atoms with Crippen LogP contribution in [0.1, 0.15) is 23.6 Å². The number of benzene rings is 1. The molecule has 0 saturated carbocycles. The molecule has 21 heavy (non-hydrogen) atoms. The zero-order valence-electron chi connectivity index (χ0n) is 10.6. The standard InChI is InChI=1S/C12H10F6O3/c1-2-21-10(20)4-6-3-8(12(16,17)18)9(19)5-7(6)11(13,14)15/h3,5,19H,2,4H2,1H3. The molecule has 0 fully saturated rings. The summed E-state index contributed by atoms with van der Waals surface area (Å²) in [6, 6.07) is 0.0620. The number of esters is 1. The molecular weight excluding hydrogens is 306 g/mol. The van der Waals surface area contributed by atoms with Gasteiger partial charge < -0.3 is 9.84 Å². The van der Waals surface area contributed by atoms with Crippen molar-refractivity contribution in [3.63, 3.8) is 0 Å². The molecule has 0 radical (unpaired) electrons. The highest BCUT2D eigenvalue weighted by Gasteiger charge is 2.40. The summed E-state index contributed by atoms with van der Waals surface area (Å²) in [4.78, 5) is 11.2. The molecule has 0 amide bonds. The van der Waals surface area contributed by atoms with Crippen LogP contribution in [0.3, 0.4) is 0 Å². The molecule has 1 N–H and O–H groups in total. The summed E-state index contributed by atoms with van der Waals surface area (Å²) in [5.41, 5.74) is -4.07. The highest BCUT2D eigenvalue weighted by Crippen LogP contribution is 2.41. The normalized spacial score (nSPS) is 12.3. The third-order valence-corrected chi connectivity index (χ3v) is 2.47. The van der Waals surface area contributed by atoms with Gasteiger partial charge in [0.1, 0.15) is 5.75 Å². The van der Waals surface area contributed by atoms with Gasteiger partial charge in [-0.25, -0.2) is 0 Å². The van der Waals surface area contributed by atoms with Gasteiger partial charge in [0.25, 0.3) is 0 Å². The van der Waals surface area contributed by atoms with E-state index in [4.69, 9.17) is 5.11 Å². The first-order valence-corrected chi connectivity index (χ1v) is 5.62. The van der Waals surface area contributed by atoms with Gasteiger partial charge in [0, 0.05) is 0 Å². The first-order valence-electron chi connectivity index (χ1n) is 5.62. The Morgan fingerprint density at radius 2 is 1.62 bits per heavy atom. The van der Waals surface area contributed by atoms with Gasteiger partial charge in [-0.2, -0.15) is 26.3 Å². The van der Waals surface area contributed by atoms with Crippen LogP contribution in [0.25, 0.3) is 0 Å². The van der Waals surface area contributed by atoms with Crippen molar-refractivity contribution in [1.29, 1.82) is 0 Å². The van der Waals surface area contributed by atoms with Crippen LogP contribution in [0.15, 0.2) is 12.1 Å². The number of rotatable bonds is 3. The smallest absolute Gasteiger partial charge is 0.419 e. The number of phenolic OH excluding ortho intramolecular Hbond substituents is 1. The Labute approximate surface area is 115 Å². The Morgan fingerprint density at radius 3 is 2.05 bits per heavy atom. The summed E-state index contributed by atoms with van der Waals surface area (Å²) in [6.45, 7) is 1.28. The van der Waals surface area contributed by atoms with E-state index >= 15 is 0 Å². The minimum absolute atomic E-state index is 0.0443. The SMILES string of the molecule is CCOC(=O)Cc1cc(C(F)(F)F)c(O)cc1C(F)(F)F. The summed E-state index contributed by atoms with van der Waals surface area (Å²) in [7, 11) is 0. The Kier molecular flexibility index (Phi) is 4.75. The Morgan fingerprint density at radius 1 is 1.10 bits per heavy atom. The minimum atomic E-state index is -5.04. The predicted molar refractivity (Wildman–Crippen MR) is 58.4 cm³/mol. The van der Waals surface area contributed by atoms with Crippen LogP contribution in [0.4, 0.5) is 26.3 Å². The number of alkyl halides is 6. The Balaban J connectivity index is 3.38. The lowest BCUT2D eigenvalue weighted by atomic mass is 9.99. The summed E-state index contributed by atoms with van der Waals surface area (Å²) >= 11 is 0. The molecule has 0 unspecified atom stereocenters. The molecule has 0 aliphatic heterocycles. The third kappa shape index (κ3) is 4.27. The van der Waals surface area contributed by atoms with E-state index in [0.29, 0.717) is 0 Å². The van der Waals surface area contributed by atoms with Gasteiger partial charge in [0.15, 0.2) is 0 Å². The van der Waals surface area contributed by atoms with Crippen LogP contribution in [-0.4, -0.2) is 17.7 Å². The van der Waals surface area contributed by atoms with Crippen LogP contribution in [-0.2, 0) is 28.3 Å². The molecule has 0 aromatic heterocycles. The second-order valence-electron chi connectivity index (χ2n) is 4.00. The molecule has 1 aromatic carbocycles. The van der Waals surface area contributed by atoms with Gasteiger partial charge in [0.2, 0.25) is 0 Å². The fourth-order valence-electron chi connectivity index (χ4n) is 1.64. The van der Waals surface area contributed by atoms with Gasteiger partial charge >= 0.3 is 18.3 Å². The predicted octanol–water partition coefficient (Wildman–Crippen LogP) is 3.54. The average Bonchev–Trinajstić information content (AvgIpc) is 2.28. The van der Waals surface area contributed by atoms with Crippen LogP contribution in [0.2, 0.25) is 0 Å². The van der Waals surface area contributed by atoms with Crippen molar-refractivity contribution in [3.8, 4) is 5.75 Å². The van der Waals surface area contributed by atoms with Crippen LogP contribution in [0.5, 0.6) is 5.75 Å². The maximum atomic E-state index is 12.7. The summed E-state index contributed by atoms with van der Waals surface area (Å²) < 4.78 is 80.4. The molecule has 0 spiro atoms. The molecule has 0 aliphatic rings. The molecule has 118 valence electrons. The van der Waals surface area contributed by atoms with E-state index in [-0.39, 0.29) is 18.7 Å². The van der Waals surface area contributed by atoms with E-state index in [0.717, 1.165) is 0 Å². The van der Waals surface area contributed by atoms with Gasteiger partial charge in [-0.3, -0.25) is 4.79 Å². The second kappa shape index (κ2) is 5.82. The fourth-order valence-corrected chi connectivity index (χ4v) is 1.64. The summed E-state index contributed by atoms with van der Waals surface area (Å²) in [5.74, 6) is -2.65. The van der Waals surface area contributed by atoms with Crippen LogP contribution < -0.4 is 0 Å². The summed E-state index contributed by atoms with van der Waals surface area (Å²) in [6.07, 6.45) is -11.0. The minimum Gasteiger partial charge on any atom is -0.507 e. The monoisotopic (exact) mass is 316 g/mol. The maximum Gasteiger partial charge on any atom is 0.419 e. The van der Waals surface area contributed by atoms with Crippen molar-refractivity contribution in [1.82, 2.24) is 0 Å². The first kappa shape index (κ1) is 17.1. The first-order chi connectivity index (χ1) is 9.46. The Hall–Kier alpha value is -1.93. The number of carbonyl (C=O) groups excluding carboxylic acids is 1. The lowest BCUT2D eigenvalue weighted by Gasteiger charge is -2.16. The lowest BCUT2D eigenvalue weighted by molar-refractivity contribution is -0.145. The van der Waals surface area contributed by atoms with E-state index in [1.54, 1.807) is 0 Å². The highest BCUT2D eigenvalue weighted by atomic mass is 19.4. The molecule has 0 atom stereocenters. The van der Waals surface area contributed by atoms with E-state index in [1.165, 1.54) is 6.92 Å². The van der Waals surface area contributed by atoms with Crippen LogP contribution >= 0.6 is 0 Å². The van der Waals surface area contributed by atoms with E-state index < -0.39 is 47.2 Å². The van der Waals surface area contributed by atoms with Crippen molar-refractivity contribution in [3.05, 3.63) is 28.8 Å². The molecule has 0 bridgehead atoms. The molecule has 0 saturated heterocycles. The number of carbonyl (C=O) groups is 1. The topological polar surface area (TPSA) is 46.5 Å². The molecule has 0 aliphatic carbocycles. The van der Waals surface area contributed by atoms with Gasteiger partial charge in [-0.1, -0.05) is 0 Å². The van der Waals surface area contributed by atoms with Crippen molar-refractivity contribution in [2.75, 3.05) is 6.61 Å². The molecule has 3 nitrogen and oxygen atoms in total. The average molecular weight is 316 g/mol. The molecule has 0 heterocycles. The van der Waals surface area contributed by atoms with Crippen molar-refractivity contribution < 1.29 is 41.0 Å². The largest absolute Gasteiger partial charge is 0.507 e. The molecule has 9 heteroatoms. The number of ether oxygens (including phenoxy) is 1. The Bertz CT molecular complexity index is 533. The van der Waals surface area contributed by atoms with Crippen LogP contribution in [0, 0.1) is 0 Å². The van der Waals surface area contributed by atoms with E-state index in [1.807, 2.05) is 0 Å². The highest BCUT2D eigenvalue weighted by molar-refractivity contribution is 5.73. The second-order valence-corrected chi connectivity index (χ2v) is 4.00. The van der Waals surface area contributed by atoms with Gasteiger partial charge in [-0.05, 0) is 24.6 Å². The maximum absolute atomic E-state index is 12.7. The lowest BCUT2D eigenvalue weighted by Crippen LogP contribution is -2.16.